The molecule has 0 spiro atoms. The monoisotopic (exact) mass is 322 g/mol. The van der Waals surface area contributed by atoms with Crippen LogP contribution < -0.4 is 5.32 Å². The van der Waals surface area contributed by atoms with E-state index >= 15 is 0 Å². The van der Waals surface area contributed by atoms with Gasteiger partial charge in [0, 0.05) is 12.6 Å². The van der Waals surface area contributed by atoms with E-state index in [-0.39, 0.29) is 5.82 Å². The van der Waals surface area contributed by atoms with Crippen molar-refractivity contribution in [3.63, 3.8) is 0 Å². The molecular formula is C21H23FN2. The Bertz CT molecular complexity index is 725. The second-order valence-corrected chi connectivity index (χ2v) is 6.80. The van der Waals surface area contributed by atoms with Crippen LogP contribution in [-0.4, -0.2) is 6.04 Å². The highest BCUT2D eigenvalue weighted by atomic mass is 19.1. The number of nitrogens with zero attached hydrogens (tertiary/aromatic N) is 1. The summed E-state index contributed by atoms with van der Waals surface area (Å²) in [5, 5.41) is 13.3. The van der Waals surface area contributed by atoms with Gasteiger partial charge in [0.05, 0.1) is 11.5 Å². The summed E-state index contributed by atoms with van der Waals surface area (Å²) in [7, 11) is 0. The summed E-state index contributed by atoms with van der Waals surface area (Å²) in [5.74, 6) is -0.216. The predicted octanol–water partition coefficient (Wildman–Crippen LogP) is 4.63. The van der Waals surface area contributed by atoms with Crippen molar-refractivity contribution in [2.75, 3.05) is 0 Å². The number of aryl methyl sites for hydroxylation is 1. The Balaban J connectivity index is 1.63. The maximum Gasteiger partial charge on any atom is 0.126 e. The lowest BCUT2D eigenvalue weighted by molar-refractivity contribution is 0.294. The molecule has 0 bridgehead atoms. The Morgan fingerprint density at radius 3 is 2.50 bits per heavy atom. The van der Waals surface area contributed by atoms with Crippen LogP contribution >= 0.6 is 0 Å². The van der Waals surface area contributed by atoms with E-state index in [1.807, 2.05) is 24.3 Å². The third kappa shape index (κ3) is 3.49. The molecule has 3 rings (SSSR count). The third-order valence-electron chi connectivity index (χ3n) is 5.22. The van der Waals surface area contributed by atoms with E-state index in [2.05, 4.69) is 23.5 Å². The molecule has 124 valence electrons. The second kappa shape index (κ2) is 7.15. The van der Waals surface area contributed by atoms with Crippen LogP contribution in [0.15, 0.2) is 48.5 Å². The van der Waals surface area contributed by atoms with Crippen molar-refractivity contribution in [2.45, 2.75) is 50.6 Å². The quantitative estimate of drug-likeness (QED) is 0.891. The molecule has 1 fully saturated rings. The van der Waals surface area contributed by atoms with E-state index in [1.54, 1.807) is 19.1 Å². The first-order valence-corrected chi connectivity index (χ1v) is 8.58. The van der Waals surface area contributed by atoms with Crippen LogP contribution in [0, 0.1) is 24.1 Å². The molecule has 3 heteroatoms. The van der Waals surface area contributed by atoms with Gasteiger partial charge in [0.2, 0.25) is 0 Å². The maximum atomic E-state index is 13.9. The molecule has 1 N–H and O–H groups in total. The van der Waals surface area contributed by atoms with Gasteiger partial charge in [-0.05, 0) is 55.4 Å². The molecule has 1 aliphatic rings. The standard InChI is InChI=1S/C21H23FN2/c1-16-7-8-18(13-20(16)22)21(15-23)11-9-19(10-12-21)24-14-17-5-3-2-4-6-17/h2-8,13,19,24H,9-12,14H2,1H3/t19-,21-. The topological polar surface area (TPSA) is 35.8 Å². The molecule has 0 amide bonds. The van der Waals surface area contributed by atoms with Crippen LogP contribution in [0.5, 0.6) is 0 Å². The Morgan fingerprint density at radius 1 is 1.17 bits per heavy atom. The minimum atomic E-state index is -0.542. The summed E-state index contributed by atoms with van der Waals surface area (Å²) < 4.78 is 13.9. The summed E-state index contributed by atoms with van der Waals surface area (Å²) >= 11 is 0. The minimum absolute atomic E-state index is 0.216. The number of nitriles is 1. The number of halogens is 1. The molecule has 0 saturated heterocycles. The van der Waals surface area contributed by atoms with Crippen LogP contribution in [0.25, 0.3) is 0 Å². The van der Waals surface area contributed by atoms with Gasteiger partial charge in [-0.1, -0.05) is 42.5 Å². The molecule has 0 heterocycles. The van der Waals surface area contributed by atoms with Gasteiger partial charge in [-0.15, -0.1) is 0 Å². The second-order valence-electron chi connectivity index (χ2n) is 6.80. The van der Waals surface area contributed by atoms with Crippen LogP contribution in [0.1, 0.15) is 42.4 Å². The number of hydrogen-bond acceptors (Lipinski definition) is 2. The highest BCUT2D eigenvalue weighted by Crippen LogP contribution is 2.39. The lowest BCUT2D eigenvalue weighted by atomic mass is 9.69. The molecule has 2 nitrogen and oxygen atoms in total. The smallest absolute Gasteiger partial charge is 0.126 e. The van der Waals surface area contributed by atoms with Gasteiger partial charge in [-0.2, -0.15) is 5.26 Å². The zero-order chi connectivity index (χ0) is 17.0. The van der Waals surface area contributed by atoms with Crippen LogP contribution in [0.3, 0.4) is 0 Å². The lowest BCUT2D eigenvalue weighted by Gasteiger charge is -2.36. The fraction of sp³-hybridized carbons (Fsp3) is 0.381. The van der Waals surface area contributed by atoms with E-state index in [4.69, 9.17) is 0 Å². The Labute approximate surface area is 143 Å². The molecule has 2 aromatic rings. The van der Waals surface area contributed by atoms with Crippen LogP contribution in [0.2, 0.25) is 0 Å². The van der Waals surface area contributed by atoms with Gasteiger partial charge in [0.1, 0.15) is 5.82 Å². The molecular weight excluding hydrogens is 299 g/mol. The molecule has 1 aliphatic carbocycles. The van der Waals surface area contributed by atoms with Crippen molar-refractivity contribution in [2.24, 2.45) is 0 Å². The summed E-state index contributed by atoms with van der Waals surface area (Å²) in [5.41, 5.74) is 2.19. The van der Waals surface area contributed by atoms with E-state index in [0.717, 1.165) is 37.8 Å². The molecule has 1 saturated carbocycles. The lowest BCUT2D eigenvalue weighted by Crippen LogP contribution is -2.39. The first kappa shape index (κ1) is 16.7. The van der Waals surface area contributed by atoms with Gasteiger partial charge >= 0.3 is 0 Å². The average Bonchev–Trinajstić information content (AvgIpc) is 2.63. The van der Waals surface area contributed by atoms with E-state index in [0.29, 0.717) is 11.6 Å². The number of hydrogen-bond donors (Lipinski definition) is 1. The normalized spacial score (nSPS) is 23.6. The van der Waals surface area contributed by atoms with Crippen molar-refractivity contribution >= 4 is 0 Å². The molecule has 0 aromatic heterocycles. The van der Waals surface area contributed by atoms with Gasteiger partial charge in [0.25, 0.3) is 0 Å². The van der Waals surface area contributed by atoms with Crippen LogP contribution in [-0.2, 0) is 12.0 Å². The van der Waals surface area contributed by atoms with Crippen molar-refractivity contribution in [1.82, 2.24) is 5.32 Å². The average molecular weight is 322 g/mol. The molecule has 0 atom stereocenters. The summed E-state index contributed by atoms with van der Waals surface area (Å²) in [6.45, 7) is 2.60. The maximum absolute atomic E-state index is 13.9. The summed E-state index contributed by atoms with van der Waals surface area (Å²) in [6, 6.07) is 18.5. The summed E-state index contributed by atoms with van der Waals surface area (Å²) in [4.78, 5) is 0. The predicted molar refractivity (Wildman–Crippen MR) is 94.0 cm³/mol. The highest BCUT2D eigenvalue weighted by Gasteiger charge is 2.37. The van der Waals surface area contributed by atoms with E-state index < -0.39 is 5.41 Å². The molecule has 0 aliphatic heterocycles. The zero-order valence-electron chi connectivity index (χ0n) is 14.1. The highest BCUT2D eigenvalue weighted by molar-refractivity contribution is 5.36. The fourth-order valence-electron chi connectivity index (χ4n) is 3.53. The number of nitrogens with one attached hydrogen (secondary N) is 1. The Morgan fingerprint density at radius 2 is 1.88 bits per heavy atom. The Kier molecular flexibility index (Phi) is 4.97. The van der Waals surface area contributed by atoms with Crippen LogP contribution in [0.4, 0.5) is 4.39 Å². The Hall–Kier alpha value is -2.18. The number of rotatable bonds is 4. The molecule has 24 heavy (non-hydrogen) atoms. The first-order valence-electron chi connectivity index (χ1n) is 8.58. The van der Waals surface area contributed by atoms with Gasteiger partial charge in [-0.25, -0.2) is 4.39 Å². The minimum Gasteiger partial charge on any atom is -0.310 e. The molecule has 0 unspecified atom stereocenters. The largest absolute Gasteiger partial charge is 0.310 e. The molecule has 2 aromatic carbocycles. The number of benzene rings is 2. The fourth-order valence-corrected chi connectivity index (χ4v) is 3.53. The van der Waals surface area contributed by atoms with Crippen molar-refractivity contribution in [3.05, 3.63) is 71.0 Å². The zero-order valence-corrected chi connectivity index (χ0v) is 14.1. The van der Waals surface area contributed by atoms with E-state index in [1.165, 1.54) is 5.56 Å². The van der Waals surface area contributed by atoms with Crippen molar-refractivity contribution < 1.29 is 4.39 Å². The van der Waals surface area contributed by atoms with Crippen molar-refractivity contribution in [3.8, 4) is 6.07 Å². The van der Waals surface area contributed by atoms with Gasteiger partial charge in [-0.3, -0.25) is 0 Å². The molecule has 0 radical (unpaired) electrons. The van der Waals surface area contributed by atoms with Gasteiger partial charge in [0.15, 0.2) is 0 Å². The first-order chi connectivity index (χ1) is 11.6. The van der Waals surface area contributed by atoms with E-state index in [9.17, 15) is 9.65 Å². The third-order valence-corrected chi connectivity index (χ3v) is 5.22. The SMILES string of the molecule is Cc1ccc([C@]2(C#N)CC[C@@H](NCc3ccccc3)CC2)cc1F. The van der Waals surface area contributed by atoms with Gasteiger partial charge < -0.3 is 5.32 Å². The van der Waals surface area contributed by atoms with Crippen molar-refractivity contribution in [1.29, 1.82) is 5.26 Å². The summed E-state index contributed by atoms with van der Waals surface area (Å²) in [6.07, 6.45) is 3.43.